The maximum Gasteiger partial charge on any atom is 0.262 e. The van der Waals surface area contributed by atoms with Crippen LogP contribution in [-0.2, 0) is 5.75 Å². The molecule has 4 aromatic rings. The Kier molecular flexibility index (Phi) is 5.21. The summed E-state index contributed by atoms with van der Waals surface area (Å²) in [4.78, 5) is 22.9. The first-order chi connectivity index (χ1) is 14.3. The van der Waals surface area contributed by atoms with E-state index in [0.717, 1.165) is 39.8 Å². The quantitative estimate of drug-likeness (QED) is 0.297. The van der Waals surface area contributed by atoms with Gasteiger partial charge in [-0.15, -0.1) is 11.3 Å². The number of fused-ring (bicyclic) bond motifs is 1. The molecule has 2 aromatic carbocycles. The Bertz CT molecular complexity index is 1190. The topological polar surface area (TPSA) is 47.8 Å². The van der Waals surface area contributed by atoms with Crippen LogP contribution in [0.2, 0.25) is 0 Å². The molecule has 0 bridgehead atoms. The molecule has 0 aliphatic heterocycles. The van der Waals surface area contributed by atoms with Crippen LogP contribution in [0.4, 0.5) is 0 Å². The molecule has 0 saturated heterocycles. The first-order valence-electron chi connectivity index (χ1n) is 9.93. The van der Waals surface area contributed by atoms with Crippen LogP contribution in [0.15, 0.2) is 69.9 Å². The van der Waals surface area contributed by atoms with Crippen LogP contribution in [0.25, 0.3) is 21.5 Å². The molecule has 1 fully saturated rings. The smallest absolute Gasteiger partial charge is 0.262 e. The lowest BCUT2D eigenvalue weighted by Gasteiger charge is -2.18. The zero-order valence-corrected chi connectivity index (χ0v) is 17.6. The fraction of sp³-hybridized carbons (Fsp3) is 0.261. The van der Waals surface area contributed by atoms with Crippen LogP contribution in [0.3, 0.4) is 0 Å². The lowest BCUT2D eigenvalue weighted by Crippen LogP contribution is -2.26. The first kappa shape index (κ1) is 18.6. The zero-order chi connectivity index (χ0) is 19.6. The Hall–Kier alpha value is -2.44. The maximum absolute atomic E-state index is 13.2. The summed E-state index contributed by atoms with van der Waals surface area (Å²) in [5, 5.41) is 4.66. The van der Waals surface area contributed by atoms with E-state index in [1.807, 2.05) is 47.0 Å². The molecule has 0 amide bonds. The fourth-order valence-corrected chi connectivity index (χ4v) is 5.83. The Morgan fingerprint density at radius 1 is 1.00 bits per heavy atom. The van der Waals surface area contributed by atoms with Crippen LogP contribution >= 0.6 is 23.1 Å². The van der Waals surface area contributed by atoms with Crippen molar-refractivity contribution in [3.63, 3.8) is 0 Å². The minimum absolute atomic E-state index is 0.0910. The molecule has 146 valence electrons. The molecule has 4 nitrogen and oxygen atoms in total. The van der Waals surface area contributed by atoms with E-state index in [9.17, 15) is 4.79 Å². The van der Waals surface area contributed by atoms with Gasteiger partial charge in [0.25, 0.3) is 5.56 Å². The zero-order valence-electron chi connectivity index (χ0n) is 16.0. The summed E-state index contributed by atoms with van der Waals surface area (Å²) in [7, 11) is 0. The summed E-state index contributed by atoms with van der Waals surface area (Å²) >= 11 is 3.28. The van der Waals surface area contributed by atoms with E-state index in [-0.39, 0.29) is 11.6 Å². The van der Waals surface area contributed by atoms with E-state index in [1.54, 1.807) is 23.1 Å². The predicted molar refractivity (Wildman–Crippen MR) is 121 cm³/mol. The number of benzene rings is 2. The van der Waals surface area contributed by atoms with E-state index in [1.165, 1.54) is 12.8 Å². The van der Waals surface area contributed by atoms with Gasteiger partial charge in [-0.25, -0.2) is 9.97 Å². The summed E-state index contributed by atoms with van der Waals surface area (Å²) in [5.74, 6) is 0.709. The molecule has 0 unspecified atom stereocenters. The number of rotatable bonds is 5. The molecule has 0 radical (unpaired) electrons. The van der Waals surface area contributed by atoms with Gasteiger partial charge < -0.3 is 0 Å². The average Bonchev–Trinajstić information content (AvgIpc) is 3.45. The van der Waals surface area contributed by atoms with E-state index >= 15 is 0 Å². The van der Waals surface area contributed by atoms with Crippen molar-refractivity contribution in [2.45, 2.75) is 42.6 Å². The molecule has 1 aliphatic carbocycles. The monoisotopic (exact) mass is 419 g/mol. The highest BCUT2D eigenvalue weighted by Gasteiger charge is 2.23. The minimum Gasteiger partial charge on any atom is -0.284 e. The highest BCUT2D eigenvalue weighted by molar-refractivity contribution is 7.98. The molecule has 1 aliphatic rings. The molecular formula is C23H21N3OS2. The lowest BCUT2D eigenvalue weighted by molar-refractivity contribution is 0.457. The van der Waals surface area contributed by atoms with Gasteiger partial charge in [0.2, 0.25) is 0 Å². The van der Waals surface area contributed by atoms with Crippen molar-refractivity contribution in [3.8, 4) is 10.6 Å². The predicted octanol–water partition coefficient (Wildman–Crippen LogP) is 5.93. The van der Waals surface area contributed by atoms with Crippen molar-refractivity contribution in [1.82, 2.24) is 14.5 Å². The Morgan fingerprint density at radius 3 is 2.59 bits per heavy atom. The molecule has 0 atom stereocenters. The Morgan fingerprint density at radius 2 is 1.76 bits per heavy atom. The van der Waals surface area contributed by atoms with Gasteiger partial charge >= 0.3 is 0 Å². The molecule has 2 heterocycles. The standard InChI is InChI=1S/C23H21N3OS2/c27-22-19-12-6-7-13-20(19)25-23(26(22)18-10-4-5-11-18)29-15-17-14-28-21(24-17)16-8-2-1-3-9-16/h1-3,6-9,12-14,18H,4-5,10-11,15H2. The summed E-state index contributed by atoms with van der Waals surface area (Å²) in [6.45, 7) is 0. The van der Waals surface area contributed by atoms with Crippen molar-refractivity contribution in [3.05, 3.63) is 76.0 Å². The van der Waals surface area contributed by atoms with Gasteiger partial charge in [-0.05, 0) is 25.0 Å². The Balaban J connectivity index is 1.46. The average molecular weight is 420 g/mol. The summed E-state index contributed by atoms with van der Waals surface area (Å²) in [6, 6.07) is 18.2. The van der Waals surface area contributed by atoms with Gasteiger partial charge in [0.05, 0.1) is 16.6 Å². The maximum atomic E-state index is 13.2. The van der Waals surface area contributed by atoms with Crippen LogP contribution in [-0.4, -0.2) is 14.5 Å². The molecule has 6 heteroatoms. The van der Waals surface area contributed by atoms with E-state index in [2.05, 4.69) is 17.5 Å². The highest BCUT2D eigenvalue weighted by Crippen LogP contribution is 2.33. The molecule has 5 rings (SSSR count). The van der Waals surface area contributed by atoms with Crippen molar-refractivity contribution in [1.29, 1.82) is 0 Å². The number of thiazole rings is 1. The second kappa shape index (κ2) is 8.13. The minimum atomic E-state index is 0.0910. The number of hydrogen-bond acceptors (Lipinski definition) is 5. The molecule has 0 spiro atoms. The first-order valence-corrected chi connectivity index (χ1v) is 11.8. The third-order valence-corrected chi connectivity index (χ3v) is 7.31. The van der Waals surface area contributed by atoms with Gasteiger partial charge in [0, 0.05) is 22.7 Å². The van der Waals surface area contributed by atoms with E-state index in [0.29, 0.717) is 11.1 Å². The summed E-state index contributed by atoms with van der Waals surface area (Å²) < 4.78 is 1.95. The van der Waals surface area contributed by atoms with Gasteiger partial charge in [-0.3, -0.25) is 9.36 Å². The van der Waals surface area contributed by atoms with Crippen molar-refractivity contribution in [2.75, 3.05) is 0 Å². The molecular weight excluding hydrogens is 398 g/mol. The molecule has 2 aromatic heterocycles. The number of aromatic nitrogens is 3. The van der Waals surface area contributed by atoms with Crippen molar-refractivity contribution >= 4 is 34.0 Å². The number of thioether (sulfide) groups is 1. The SMILES string of the molecule is O=c1c2ccccc2nc(SCc2csc(-c3ccccc3)n2)n1C1CCCC1. The summed E-state index contributed by atoms with van der Waals surface area (Å²) in [6.07, 6.45) is 4.48. The largest absolute Gasteiger partial charge is 0.284 e. The van der Waals surface area contributed by atoms with Crippen LogP contribution in [0.5, 0.6) is 0 Å². The van der Waals surface area contributed by atoms with Crippen LogP contribution < -0.4 is 5.56 Å². The third kappa shape index (κ3) is 3.74. The fourth-order valence-electron chi connectivity index (χ4n) is 3.94. The molecule has 0 N–H and O–H groups in total. The molecule has 29 heavy (non-hydrogen) atoms. The second-order valence-corrected chi connectivity index (χ2v) is 9.12. The number of para-hydroxylation sites is 1. The van der Waals surface area contributed by atoms with E-state index < -0.39 is 0 Å². The van der Waals surface area contributed by atoms with Gasteiger partial charge in [0.15, 0.2) is 5.16 Å². The van der Waals surface area contributed by atoms with E-state index in [4.69, 9.17) is 9.97 Å². The van der Waals surface area contributed by atoms with Crippen molar-refractivity contribution < 1.29 is 0 Å². The highest BCUT2D eigenvalue weighted by atomic mass is 32.2. The number of nitrogens with zero attached hydrogens (tertiary/aromatic N) is 3. The Labute approximate surface area is 177 Å². The molecule has 1 saturated carbocycles. The summed E-state index contributed by atoms with van der Waals surface area (Å²) in [5.41, 5.74) is 3.03. The third-order valence-electron chi connectivity index (χ3n) is 5.39. The van der Waals surface area contributed by atoms with Gasteiger partial charge in [-0.2, -0.15) is 0 Å². The van der Waals surface area contributed by atoms with Gasteiger partial charge in [0.1, 0.15) is 5.01 Å². The second-order valence-electron chi connectivity index (χ2n) is 7.32. The normalized spacial score (nSPS) is 14.6. The number of hydrogen-bond donors (Lipinski definition) is 0. The van der Waals surface area contributed by atoms with Crippen LogP contribution in [0, 0.1) is 0 Å². The van der Waals surface area contributed by atoms with Gasteiger partial charge in [-0.1, -0.05) is 67.1 Å². The van der Waals surface area contributed by atoms with Crippen molar-refractivity contribution in [2.24, 2.45) is 0 Å². The van der Waals surface area contributed by atoms with Crippen LogP contribution in [0.1, 0.15) is 37.4 Å². The lowest BCUT2D eigenvalue weighted by atomic mass is 10.2.